The molecular weight excluding hydrogens is 265 g/mol. The van der Waals surface area contributed by atoms with Gasteiger partial charge < -0.3 is 10.5 Å². The van der Waals surface area contributed by atoms with Crippen LogP contribution in [0.2, 0.25) is 0 Å². The molecule has 0 saturated carbocycles. The summed E-state index contributed by atoms with van der Waals surface area (Å²) in [4.78, 5) is 0. The van der Waals surface area contributed by atoms with E-state index in [-0.39, 0.29) is 5.82 Å². The van der Waals surface area contributed by atoms with Crippen LogP contribution in [0.3, 0.4) is 0 Å². The van der Waals surface area contributed by atoms with Crippen LogP contribution in [0.4, 0.5) is 10.1 Å². The van der Waals surface area contributed by atoms with Crippen LogP contribution < -0.4 is 10.5 Å². The van der Waals surface area contributed by atoms with Crippen molar-refractivity contribution in [3.63, 3.8) is 0 Å². The SMILES string of the molecule is Cc1cc(OCc2ccc(F)cc2C)c(C(C)C)cc1N. The van der Waals surface area contributed by atoms with E-state index < -0.39 is 0 Å². The first-order valence-corrected chi connectivity index (χ1v) is 7.16. The summed E-state index contributed by atoms with van der Waals surface area (Å²) in [7, 11) is 0. The van der Waals surface area contributed by atoms with Gasteiger partial charge in [0.15, 0.2) is 0 Å². The first kappa shape index (κ1) is 15.4. The molecule has 2 aromatic rings. The molecule has 0 atom stereocenters. The summed E-state index contributed by atoms with van der Waals surface area (Å²) in [6, 6.07) is 8.71. The molecule has 0 fully saturated rings. The van der Waals surface area contributed by atoms with E-state index >= 15 is 0 Å². The van der Waals surface area contributed by atoms with Gasteiger partial charge in [0, 0.05) is 5.69 Å². The van der Waals surface area contributed by atoms with Crippen LogP contribution >= 0.6 is 0 Å². The minimum Gasteiger partial charge on any atom is -0.489 e. The molecule has 0 bridgehead atoms. The maximum Gasteiger partial charge on any atom is 0.123 e. The fraction of sp³-hybridized carbons (Fsp3) is 0.333. The molecule has 112 valence electrons. The molecule has 0 unspecified atom stereocenters. The number of nitrogen functional groups attached to an aromatic ring is 1. The average molecular weight is 287 g/mol. The van der Waals surface area contributed by atoms with E-state index in [0.29, 0.717) is 12.5 Å². The summed E-state index contributed by atoms with van der Waals surface area (Å²) in [6.45, 7) is 8.50. The second kappa shape index (κ2) is 6.17. The molecule has 0 aliphatic rings. The third kappa shape index (κ3) is 3.54. The van der Waals surface area contributed by atoms with Gasteiger partial charge >= 0.3 is 0 Å². The zero-order valence-corrected chi connectivity index (χ0v) is 13.0. The van der Waals surface area contributed by atoms with E-state index in [4.69, 9.17) is 10.5 Å². The molecule has 2 rings (SSSR count). The van der Waals surface area contributed by atoms with Crippen molar-refractivity contribution in [1.29, 1.82) is 0 Å². The van der Waals surface area contributed by atoms with Crippen LogP contribution in [0.15, 0.2) is 30.3 Å². The molecule has 0 spiro atoms. The molecule has 2 aromatic carbocycles. The molecule has 0 saturated heterocycles. The molecule has 0 aliphatic carbocycles. The lowest BCUT2D eigenvalue weighted by atomic mass is 9.99. The molecule has 0 aromatic heterocycles. The van der Waals surface area contributed by atoms with Crippen molar-refractivity contribution in [2.24, 2.45) is 0 Å². The maximum atomic E-state index is 13.1. The van der Waals surface area contributed by atoms with Crippen molar-refractivity contribution in [2.45, 2.75) is 40.2 Å². The summed E-state index contributed by atoms with van der Waals surface area (Å²) < 4.78 is 19.1. The molecule has 2 nitrogen and oxygen atoms in total. The van der Waals surface area contributed by atoms with Crippen molar-refractivity contribution in [3.8, 4) is 5.75 Å². The zero-order chi connectivity index (χ0) is 15.6. The second-order valence-electron chi connectivity index (χ2n) is 5.76. The number of benzene rings is 2. The van der Waals surface area contributed by atoms with E-state index in [1.54, 1.807) is 6.07 Å². The van der Waals surface area contributed by atoms with Gasteiger partial charge in [0.25, 0.3) is 0 Å². The van der Waals surface area contributed by atoms with E-state index in [2.05, 4.69) is 13.8 Å². The smallest absolute Gasteiger partial charge is 0.123 e. The van der Waals surface area contributed by atoms with Gasteiger partial charge in [-0.25, -0.2) is 4.39 Å². The first-order chi connectivity index (χ1) is 9.88. The summed E-state index contributed by atoms with van der Waals surface area (Å²) in [5, 5.41) is 0. The summed E-state index contributed by atoms with van der Waals surface area (Å²) in [5.41, 5.74) is 10.7. The topological polar surface area (TPSA) is 35.2 Å². The number of aryl methyl sites for hydroxylation is 2. The minimum absolute atomic E-state index is 0.220. The van der Waals surface area contributed by atoms with Gasteiger partial charge in [-0.15, -0.1) is 0 Å². The van der Waals surface area contributed by atoms with Crippen LogP contribution in [0, 0.1) is 19.7 Å². The predicted molar refractivity (Wildman–Crippen MR) is 85.1 cm³/mol. The monoisotopic (exact) mass is 287 g/mol. The van der Waals surface area contributed by atoms with Crippen LogP contribution in [-0.4, -0.2) is 0 Å². The largest absolute Gasteiger partial charge is 0.489 e. The molecule has 21 heavy (non-hydrogen) atoms. The summed E-state index contributed by atoms with van der Waals surface area (Å²) in [6.07, 6.45) is 0. The number of hydrogen-bond acceptors (Lipinski definition) is 2. The molecule has 0 amide bonds. The summed E-state index contributed by atoms with van der Waals surface area (Å²) >= 11 is 0. The van der Waals surface area contributed by atoms with Crippen molar-refractivity contribution in [3.05, 3.63) is 58.4 Å². The van der Waals surface area contributed by atoms with Gasteiger partial charge in [0.2, 0.25) is 0 Å². The minimum atomic E-state index is -0.220. The molecule has 3 heteroatoms. The molecular formula is C18H22FNO. The van der Waals surface area contributed by atoms with E-state index in [0.717, 1.165) is 33.7 Å². The Morgan fingerprint density at radius 1 is 1.10 bits per heavy atom. The lowest BCUT2D eigenvalue weighted by molar-refractivity contribution is 0.300. The number of ether oxygens (including phenoxy) is 1. The Hall–Kier alpha value is -2.03. The van der Waals surface area contributed by atoms with Crippen LogP contribution in [0.1, 0.15) is 42.0 Å². The highest BCUT2D eigenvalue weighted by Gasteiger charge is 2.11. The maximum absolute atomic E-state index is 13.1. The highest BCUT2D eigenvalue weighted by atomic mass is 19.1. The van der Waals surface area contributed by atoms with Crippen molar-refractivity contribution in [2.75, 3.05) is 5.73 Å². The summed E-state index contributed by atoms with van der Waals surface area (Å²) in [5.74, 6) is 0.958. The fourth-order valence-electron chi connectivity index (χ4n) is 2.27. The zero-order valence-electron chi connectivity index (χ0n) is 13.0. The lowest BCUT2D eigenvalue weighted by Crippen LogP contribution is -2.03. The van der Waals surface area contributed by atoms with Gasteiger partial charge in [0.05, 0.1) is 0 Å². The number of halogens is 1. The van der Waals surface area contributed by atoms with E-state index in [1.165, 1.54) is 12.1 Å². The molecule has 0 heterocycles. The number of hydrogen-bond donors (Lipinski definition) is 1. The fourth-order valence-corrected chi connectivity index (χ4v) is 2.27. The third-order valence-corrected chi connectivity index (χ3v) is 3.71. The molecule has 0 aliphatic heterocycles. The molecule has 2 N–H and O–H groups in total. The van der Waals surface area contributed by atoms with E-state index in [1.807, 2.05) is 26.0 Å². The van der Waals surface area contributed by atoms with Gasteiger partial charge in [-0.2, -0.15) is 0 Å². The lowest BCUT2D eigenvalue weighted by Gasteiger charge is -2.17. The van der Waals surface area contributed by atoms with Gasteiger partial charge in [0.1, 0.15) is 18.2 Å². The average Bonchev–Trinajstić information content (AvgIpc) is 2.41. The Morgan fingerprint density at radius 2 is 1.81 bits per heavy atom. The van der Waals surface area contributed by atoms with Crippen LogP contribution in [0.5, 0.6) is 5.75 Å². The Kier molecular flexibility index (Phi) is 4.51. The Bertz CT molecular complexity index is 650. The quantitative estimate of drug-likeness (QED) is 0.825. The first-order valence-electron chi connectivity index (χ1n) is 7.16. The number of rotatable bonds is 4. The Balaban J connectivity index is 2.25. The van der Waals surface area contributed by atoms with Crippen LogP contribution in [0.25, 0.3) is 0 Å². The van der Waals surface area contributed by atoms with Crippen molar-refractivity contribution < 1.29 is 9.13 Å². The third-order valence-electron chi connectivity index (χ3n) is 3.71. The second-order valence-corrected chi connectivity index (χ2v) is 5.76. The highest BCUT2D eigenvalue weighted by molar-refractivity contribution is 5.55. The normalized spacial score (nSPS) is 11.0. The van der Waals surface area contributed by atoms with E-state index in [9.17, 15) is 4.39 Å². The standard InChI is InChI=1S/C18H22FNO/c1-11(2)16-9-17(20)13(4)8-18(16)21-10-14-5-6-15(19)7-12(14)3/h5-9,11H,10,20H2,1-4H3. The van der Waals surface area contributed by atoms with Gasteiger partial charge in [-0.1, -0.05) is 19.9 Å². The Morgan fingerprint density at radius 3 is 2.43 bits per heavy atom. The predicted octanol–water partition coefficient (Wildman–Crippen LogP) is 4.73. The van der Waals surface area contributed by atoms with Crippen molar-refractivity contribution >= 4 is 5.69 Å². The van der Waals surface area contributed by atoms with Crippen LogP contribution in [-0.2, 0) is 6.61 Å². The highest BCUT2D eigenvalue weighted by Crippen LogP contribution is 2.31. The number of anilines is 1. The Labute approximate surface area is 125 Å². The van der Waals surface area contributed by atoms with Gasteiger partial charge in [-0.05, 0) is 66.3 Å². The van der Waals surface area contributed by atoms with Crippen molar-refractivity contribution in [1.82, 2.24) is 0 Å². The molecule has 0 radical (unpaired) electrons. The van der Waals surface area contributed by atoms with Gasteiger partial charge in [-0.3, -0.25) is 0 Å². The number of nitrogens with two attached hydrogens (primary N) is 1.